The van der Waals surface area contributed by atoms with Crippen LogP contribution in [0.4, 0.5) is 4.39 Å². The summed E-state index contributed by atoms with van der Waals surface area (Å²) in [6.07, 6.45) is 3.93. The van der Waals surface area contributed by atoms with Gasteiger partial charge in [0, 0.05) is 18.7 Å². The van der Waals surface area contributed by atoms with E-state index in [1.807, 2.05) is 0 Å². The van der Waals surface area contributed by atoms with E-state index in [0.29, 0.717) is 12.1 Å². The fourth-order valence-electron chi connectivity index (χ4n) is 1.93. The van der Waals surface area contributed by atoms with Gasteiger partial charge in [-0.3, -0.25) is 0 Å². The molecule has 20 heavy (non-hydrogen) atoms. The molecule has 0 aromatic heterocycles. The number of hydrogen-bond acceptors (Lipinski definition) is 4. The molecule has 112 valence electrons. The number of halogens is 1. The Morgan fingerprint density at radius 1 is 1.25 bits per heavy atom. The van der Waals surface area contributed by atoms with Crippen LogP contribution in [-0.4, -0.2) is 29.3 Å². The minimum atomic E-state index is -0.417. The van der Waals surface area contributed by atoms with Gasteiger partial charge < -0.3 is 21.4 Å². The fraction of sp³-hybridized carbons (Fsp3) is 0.500. The van der Waals surface area contributed by atoms with E-state index < -0.39 is 5.82 Å². The van der Waals surface area contributed by atoms with Crippen LogP contribution in [0, 0.1) is 5.82 Å². The van der Waals surface area contributed by atoms with Gasteiger partial charge in [0.05, 0.1) is 0 Å². The van der Waals surface area contributed by atoms with E-state index in [1.54, 1.807) is 6.07 Å². The molecule has 0 spiro atoms. The Balaban J connectivity index is 2.43. The maximum atomic E-state index is 13.2. The quantitative estimate of drug-likeness (QED) is 0.182. The van der Waals surface area contributed by atoms with Crippen LogP contribution in [0.2, 0.25) is 0 Å². The molecule has 0 aliphatic heterocycles. The third-order valence-electron chi connectivity index (χ3n) is 3.03. The number of nitrogens with one attached hydrogen (secondary N) is 1. The lowest BCUT2D eigenvalue weighted by molar-refractivity contribution is 0.282. The molecule has 0 radical (unpaired) electrons. The van der Waals surface area contributed by atoms with E-state index in [-0.39, 0.29) is 12.4 Å². The largest absolute Gasteiger partial charge is 0.409 e. The van der Waals surface area contributed by atoms with Crippen molar-refractivity contribution in [2.24, 2.45) is 10.9 Å². The number of nitrogens with zero attached hydrogens (tertiary/aromatic N) is 1. The van der Waals surface area contributed by atoms with Gasteiger partial charge in [0.1, 0.15) is 5.82 Å². The highest BCUT2D eigenvalue weighted by Crippen LogP contribution is 2.11. The monoisotopic (exact) mass is 283 g/mol. The first-order valence-corrected chi connectivity index (χ1v) is 6.77. The Labute approximate surface area is 118 Å². The van der Waals surface area contributed by atoms with E-state index in [1.165, 1.54) is 12.1 Å². The van der Waals surface area contributed by atoms with Crippen molar-refractivity contribution in [1.29, 1.82) is 0 Å². The lowest BCUT2D eigenvalue weighted by Gasteiger charge is -2.10. The zero-order valence-corrected chi connectivity index (χ0v) is 11.5. The summed E-state index contributed by atoms with van der Waals surface area (Å²) in [6.45, 7) is 1.61. The summed E-state index contributed by atoms with van der Waals surface area (Å²) < 4.78 is 13.2. The van der Waals surface area contributed by atoms with Crippen molar-refractivity contribution >= 4 is 5.84 Å². The van der Waals surface area contributed by atoms with Gasteiger partial charge in [-0.05, 0) is 37.1 Å². The lowest BCUT2D eigenvalue weighted by Crippen LogP contribution is -2.21. The van der Waals surface area contributed by atoms with Crippen molar-refractivity contribution in [1.82, 2.24) is 5.32 Å². The first-order valence-electron chi connectivity index (χ1n) is 6.77. The van der Waals surface area contributed by atoms with Crippen LogP contribution in [0.5, 0.6) is 0 Å². The summed E-state index contributed by atoms with van der Waals surface area (Å²) in [5, 5.41) is 23.5. The second-order valence-electron chi connectivity index (χ2n) is 4.60. The average Bonchev–Trinajstić information content (AvgIpc) is 2.46. The van der Waals surface area contributed by atoms with E-state index in [2.05, 4.69) is 10.5 Å². The Hall–Kier alpha value is -1.66. The second kappa shape index (κ2) is 9.28. The van der Waals surface area contributed by atoms with Crippen LogP contribution in [0.3, 0.4) is 0 Å². The summed E-state index contributed by atoms with van der Waals surface area (Å²) >= 11 is 0. The van der Waals surface area contributed by atoms with Gasteiger partial charge in [-0.25, -0.2) is 4.39 Å². The number of hydrogen-bond donors (Lipinski definition) is 4. The number of oxime groups is 1. The van der Waals surface area contributed by atoms with Crippen LogP contribution in [0.25, 0.3) is 0 Å². The van der Waals surface area contributed by atoms with Crippen LogP contribution in [0.1, 0.15) is 36.8 Å². The molecular weight excluding hydrogens is 261 g/mol. The molecule has 0 bridgehead atoms. The van der Waals surface area contributed by atoms with Crippen LogP contribution < -0.4 is 11.1 Å². The molecule has 0 heterocycles. The Morgan fingerprint density at radius 2 is 2.00 bits per heavy atom. The molecule has 0 saturated carbocycles. The van der Waals surface area contributed by atoms with Crippen LogP contribution in [0.15, 0.2) is 23.4 Å². The van der Waals surface area contributed by atoms with Crippen molar-refractivity contribution in [3.63, 3.8) is 0 Å². The molecule has 0 amide bonds. The zero-order chi connectivity index (χ0) is 14.8. The Morgan fingerprint density at radius 3 is 2.70 bits per heavy atom. The Kier molecular flexibility index (Phi) is 7.60. The minimum Gasteiger partial charge on any atom is -0.409 e. The third-order valence-corrected chi connectivity index (χ3v) is 3.03. The first-order chi connectivity index (χ1) is 9.69. The van der Waals surface area contributed by atoms with Gasteiger partial charge in [0.25, 0.3) is 0 Å². The molecule has 0 unspecified atom stereocenters. The molecule has 5 N–H and O–H groups in total. The van der Waals surface area contributed by atoms with Crippen LogP contribution >= 0.6 is 0 Å². The van der Waals surface area contributed by atoms with Crippen molar-refractivity contribution in [3.8, 4) is 0 Å². The smallest absolute Gasteiger partial charge is 0.170 e. The molecule has 6 heteroatoms. The highest BCUT2D eigenvalue weighted by atomic mass is 19.1. The van der Waals surface area contributed by atoms with E-state index >= 15 is 0 Å². The van der Waals surface area contributed by atoms with Crippen molar-refractivity contribution in [3.05, 3.63) is 35.1 Å². The summed E-state index contributed by atoms with van der Waals surface area (Å²) in [4.78, 5) is 0. The van der Waals surface area contributed by atoms with Crippen LogP contribution in [-0.2, 0) is 6.54 Å². The normalized spacial score (nSPS) is 11.8. The van der Waals surface area contributed by atoms with Gasteiger partial charge >= 0.3 is 0 Å². The molecule has 0 saturated heterocycles. The highest BCUT2D eigenvalue weighted by molar-refractivity contribution is 5.98. The summed E-state index contributed by atoms with van der Waals surface area (Å²) in [7, 11) is 0. The van der Waals surface area contributed by atoms with Crippen molar-refractivity contribution in [2.75, 3.05) is 13.2 Å². The highest BCUT2D eigenvalue weighted by Gasteiger charge is 2.08. The number of nitrogens with two attached hydrogens (primary N) is 1. The van der Waals surface area contributed by atoms with Gasteiger partial charge in [0.15, 0.2) is 5.84 Å². The summed E-state index contributed by atoms with van der Waals surface area (Å²) in [5.41, 5.74) is 6.72. The van der Waals surface area contributed by atoms with E-state index in [9.17, 15) is 4.39 Å². The number of benzene rings is 1. The average molecular weight is 283 g/mol. The maximum absolute atomic E-state index is 13.2. The number of amidine groups is 1. The van der Waals surface area contributed by atoms with Gasteiger partial charge in [-0.1, -0.05) is 24.1 Å². The van der Waals surface area contributed by atoms with Gasteiger partial charge in [-0.2, -0.15) is 0 Å². The molecule has 0 fully saturated rings. The minimum absolute atomic E-state index is 0.0933. The Bertz CT molecular complexity index is 438. The van der Waals surface area contributed by atoms with E-state index in [4.69, 9.17) is 16.0 Å². The SMILES string of the molecule is N/C(=N/O)c1cc(F)ccc1CNCCCCCCO. The molecule has 1 aromatic carbocycles. The van der Waals surface area contributed by atoms with E-state index in [0.717, 1.165) is 37.8 Å². The number of aliphatic hydroxyl groups is 1. The molecule has 0 aliphatic rings. The summed E-state index contributed by atoms with van der Waals surface area (Å²) in [6, 6.07) is 4.24. The van der Waals surface area contributed by atoms with Gasteiger partial charge in [-0.15, -0.1) is 0 Å². The number of rotatable bonds is 9. The maximum Gasteiger partial charge on any atom is 0.170 e. The molecular formula is C14H22FN3O2. The standard InChI is InChI=1S/C14H22FN3O2/c15-12-6-5-11(13(9-12)14(16)18-20)10-17-7-3-1-2-4-8-19/h5-6,9,17,19-20H,1-4,7-8,10H2,(H2,16,18). The molecule has 0 aliphatic carbocycles. The molecule has 1 aromatic rings. The predicted octanol–water partition coefficient (Wildman–Crippen LogP) is 1.56. The lowest BCUT2D eigenvalue weighted by atomic mass is 10.1. The fourth-order valence-corrected chi connectivity index (χ4v) is 1.93. The number of unbranched alkanes of at least 4 members (excludes halogenated alkanes) is 3. The van der Waals surface area contributed by atoms with Crippen molar-refractivity contribution in [2.45, 2.75) is 32.2 Å². The molecule has 1 rings (SSSR count). The topological polar surface area (TPSA) is 90.9 Å². The predicted molar refractivity (Wildman–Crippen MR) is 76.2 cm³/mol. The molecule has 5 nitrogen and oxygen atoms in total. The zero-order valence-electron chi connectivity index (χ0n) is 11.5. The van der Waals surface area contributed by atoms with Crippen molar-refractivity contribution < 1.29 is 14.7 Å². The molecule has 0 atom stereocenters. The number of aliphatic hydroxyl groups excluding tert-OH is 1. The second-order valence-corrected chi connectivity index (χ2v) is 4.60. The third kappa shape index (κ3) is 5.54. The first kappa shape index (κ1) is 16.4. The summed E-state index contributed by atoms with van der Waals surface area (Å²) in [5.74, 6) is -0.511. The van der Waals surface area contributed by atoms with Gasteiger partial charge in [0.2, 0.25) is 0 Å².